The Kier molecular flexibility index (Phi) is 4.50. The van der Waals surface area contributed by atoms with Gasteiger partial charge in [-0.1, -0.05) is 0 Å². The average molecular weight is 342 g/mol. The van der Waals surface area contributed by atoms with E-state index in [1.165, 1.54) is 18.5 Å². The number of benzene rings is 1. The SMILES string of the molecule is O=C(Cn1cnc2ccc([N+](=O)[O-])cc2c1=O)NCCn1ccnc1. The zero-order valence-electron chi connectivity index (χ0n) is 13.0. The normalized spacial score (nSPS) is 10.7. The number of imidazole rings is 1. The molecule has 0 aliphatic heterocycles. The number of hydrogen-bond acceptors (Lipinski definition) is 6. The minimum Gasteiger partial charge on any atom is -0.353 e. The molecule has 10 heteroatoms. The molecule has 0 bridgehead atoms. The van der Waals surface area contributed by atoms with E-state index in [0.717, 1.165) is 10.6 Å². The number of hydrogen-bond donors (Lipinski definition) is 1. The zero-order chi connectivity index (χ0) is 17.8. The summed E-state index contributed by atoms with van der Waals surface area (Å²) in [7, 11) is 0. The minimum atomic E-state index is -0.584. The molecule has 3 rings (SSSR count). The monoisotopic (exact) mass is 342 g/mol. The lowest BCUT2D eigenvalue weighted by molar-refractivity contribution is -0.384. The lowest BCUT2D eigenvalue weighted by Gasteiger charge is -2.08. The summed E-state index contributed by atoms with van der Waals surface area (Å²) in [5, 5.41) is 13.6. The van der Waals surface area contributed by atoms with E-state index in [9.17, 15) is 19.7 Å². The van der Waals surface area contributed by atoms with Crippen LogP contribution in [0.1, 0.15) is 0 Å². The summed E-state index contributed by atoms with van der Waals surface area (Å²) in [6.07, 6.45) is 6.31. The first-order valence-electron chi connectivity index (χ1n) is 7.40. The average Bonchev–Trinajstić information content (AvgIpc) is 3.10. The first-order chi connectivity index (χ1) is 12.0. The van der Waals surface area contributed by atoms with E-state index in [1.54, 1.807) is 18.7 Å². The summed E-state index contributed by atoms with van der Waals surface area (Å²) >= 11 is 0. The van der Waals surface area contributed by atoms with Crippen molar-refractivity contribution in [3.8, 4) is 0 Å². The number of fused-ring (bicyclic) bond motifs is 1. The van der Waals surface area contributed by atoms with Crippen LogP contribution in [-0.2, 0) is 17.9 Å². The summed E-state index contributed by atoms with van der Waals surface area (Å²) in [5.74, 6) is -0.353. The number of rotatable bonds is 6. The predicted octanol–water partition coefficient (Wildman–Crippen LogP) is 0.318. The molecule has 25 heavy (non-hydrogen) atoms. The molecule has 1 aromatic carbocycles. The molecule has 0 fully saturated rings. The summed E-state index contributed by atoms with van der Waals surface area (Å²) in [6.45, 7) is 0.730. The standard InChI is InChI=1S/C15H14N6O4/c22-14(17-4-6-19-5-3-16-9-19)8-20-10-18-13-2-1-11(21(24)25)7-12(13)15(20)23/h1-3,5,7,9-10H,4,6,8H2,(H,17,22). The van der Waals surface area contributed by atoms with Crippen molar-refractivity contribution in [1.82, 2.24) is 24.4 Å². The Bertz CT molecular complexity index is 979. The summed E-state index contributed by atoms with van der Waals surface area (Å²) < 4.78 is 2.93. The quantitative estimate of drug-likeness (QED) is 0.508. The van der Waals surface area contributed by atoms with E-state index in [-0.39, 0.29) is 23.5 Å². The van der Waals surface area contributed by atoms with Crippen molar-refractivity contribution in [1.29, 1.82) is 0 Å². The molecule has 2 heterocycles. The van der Waals surface area contributed by atoms with E-state index in [2.05, 4.69) is 15.3 Å². The molecule has 0 saturated heterocycles. The Labute approximate surface area is 140 Å². The lowest BCUT2D eigenvalue weighted by atomic mass is 10.2. The topological polar surface area (TPSA) is 125 Å². The second kappa shape index (κ2) is 6.91. The van der Waals surface area contributed by atoms with Crippen molar-refractivity contribution in [3.63, 3.8) is 0 Å². The lowest BCUT2D eigenvalue weighted by Crippen LogP contribution is -2.34. The van der Waals surface area contributed by atoms with Crippen molar-refractivity contribution in [2.75, 3.05) is 6.54 Å². The van der Waals surface area contributed by atoms with Gasteiger partial charge in [-0.2, -0.15) is 0 Å². The molecule has 0 unspecified atom stereocenters. The van der Waals surface area contributed by atoms with Crippen molar-refractivity contribution in [2.24, 2.45) is 0 Å². The number of carbonyl (C=O) groups is 1. The van der Waals surface area contributed by atoms with Crippen LogP contribution < -0.4 is 10.9 Å². The molecule has 3 aromatic rings. The highest BCUT2D eigenvalue weighted by Crippen LogP contribution is 2.16. The third-order valence-corrected chi connectivity index (χ3v) is 3.58. The molecule has 2 aromatic heterocycles. The Morgan fingerprint density at radius 2 is 2.16 bits per heavy atom. The van der Waals surface area contributed by atoms with Gasteiger partial charge in [0, 0.05) is 37.6 Å². The van der Waals surface area contributed by atoms with Gasteiger partial charge >= 0.3 is 0 Å². The van der Waals surface area contributed by atoms with Gasteiger partial charge < -0.3 is 9.88 Å². The van der Waals surface area contributed by atoms with E-state index < -0.39 is 10.5 Å². The summed E-state index contributed by atoms with van der Waals surface area (Å²) in [6, 6.07) is 3.85. The number of nitro benzene ring substituents is 1. The van der Waals surface area contributed by atoms with Gasteiger partial charge in [-0.15, -0.1) is 0 Å². The van der Waals surface area contributed by atoms with Crippen LogP contribution in [0.15, 0.2) is 48.0 Å². The molecule has 0 radical (unpaired) electrons. The number of nitro groups is 1. The first kappa shape index (κ1) is 16.3. The van der Waals surface area contributed by atoms with Crippen molar-refractivity contribution in [2.45, 2.75) is 13.1 Å². The summed E-state index contributed by atoms with van der Waals surface area (Å²) in [4.78, 5) is 42.6. The van der Waals surface area contributed by atoms with Gasteiger partial charge in [0.2, 0.25) is 5.91 Å². The third kappa shape index (κ3) is 3.68. The molecular weight excluding hydrogens is 328 g/mol. The Hall–Kier alpha value is -3.56. The van der Waals surface area contributed by atoms with Gasteiger partial charge in [0.25, 0.3) is 11.2 Å². The number of nitrogens with one attached hydrogen (secondary N) is 1. The van der Waals surface area contributed by atoms with Crippen LogP contribution in [0.25, 0.3) is 10.9 Å². The van der Waals surface area contributed by atoms with Gasteiger partial charge in [-0.25, -0.2) is 9.97 Å². The maximum atomic E-state index is 12.4. The molecule has 0 aliphatic carbocycles. The molecule has 0 aliphatic rings. The molecule has 1 N–H and O–H groups in total. The molecule has 0 spiro atoms. The highest BCUT2D eigenvalue weighted by Gasteiger charge is 2.12. The molecule has 1 amide bonds. The number of amides is 1. The smallest absolute Gasteiger partial charge is 0.270 e. The number of nitrogens with zero attached hydrogens (tertiary/aromatic N) is 5. The highest BCUT2D eigenvalue weighted by molar-refractivity contribution is 5.80. The Balaban J connectivity index is 1.72. The van der Waals surface area contributed by atoms with Crippen LogP contribution in [0.4, 0.5) is 5.69 Å². The fraction of sp³-hybridized carbons (Fsp3) is 0.200. The number of aromatic nitrogens is 4. The highest BCUT2D eigenvalue weighted by atomic mass is 16.6. The van der Waals surface area contributed by atoms with Gasteiger partial charge in [0.1, 0.15) is 6.54 Å². The van der Waals surface area contributed by atoms with Crippen LogP contribution in [0.3, 0.4) is 0 Å². The van der Waals surface area contributed by atoms with Gasteiger partial charge in [0.05, 0.1) is 28.5 Å². The van der Waals surface area contributed by atoms with E-state index in [0.29, 0.717) is 18.6 Å². The molecular formula is C15H14N6O4. The van der Waals surface area contributed by atoms with Crippen molar-refractivity contribution < 1.29 is 9.72 Å². The van der Waals surface area contributed by atoms with Crippen LogP contribution in [0.2, 0.25) is 0 Å². The number of carbonyl (C=O) groups excluding carboxylic acids is 1. The Morgan fingerprint density at radius 1 is 1.32 bits per heavy atom. The maximum absolute atomic E-state index is 12.4. The molecule has 10 nitrogen and oxygen atoms in total. The molecule has 0 saturated carbocycles. The van der Waals surface area contributed by atoms with Crippen LogP contribution in [0, 0.1) is 10.1 Å². The van der Waals surface area contributed by atoms with Crippen LogP contribution in [-0.4, -0.2) is 36.5 Å². The van der Waals surface area contributed by atoms with E-state index in [4.69, 9.17) is 0 Å². The zero-order valence-corrected chi connectivity index (χ0v) is 13.0. The largest absolute Gasteiger partial charge is 0.353 e. The van der Waals surface area contributed by atoms with Crippen molar-refractivity contribution >= 4 is 22.5 Å². The van der Waals surface area contributed by atoms with Crippen LogP contribution >= 0.6 is 0 Å². The molecule has 128 valence electrons. The van der Waals surface area contributed by atoms with Crippen molar-refractivity contribution in [3.05, 3.63) is 63.7 Å². The first-order valence-corrected chi connectivity index (χ1v) is 7.40. The fourth-order valence-electron chi connectivity index (χ4n) is 2.33. The minimum absolute atomic E-state index is 0.0999. The fourth-order valence-corrected chi connectivity index (χ4v) is 2.33. The van der Waals surface area contributed by atoms with E-state index >= 15 is 0 Å². The summed E-state index contributed by atoms with van der Waals surface area (Å²) in [5.41, 5.74) is -0.361. The van der Waals surface area contributed by atoms with Gasteiger partial charge in [-0.3, -0.25) is 24.3 Å². The third-order valence-electron chi connectivity index (χ3n) is 3.58. The second-order valence-corrected chi connectivity index (χ2v) is 5.29. The molecule has 0 atom stereocenters. The van der Waals surface area contributed by atoms with E-state index in [1.807, 2.05) is 4.57 Å². The Morgan fingerprint density at radius 3 is 2.88 bits per heavy atom. The maximum Gasteiger partial charge on any atom is 0.270 e. The number of non-ortho nitro benzene ring substituents is 1. The van der Waals surface area contributed by atoms with Gasteiger partial charge in [0.15, 0.2) is 0 Å². The van der Waals surface area contributed by atoms with Gasteiger partial charge in [-0.05, 0) is 6.07 Å². The second-order valence-electron chi connectivity index (χ2n) is 5.29. The van der Waals surface area contributed by atoms with Crippen LogP contribution in [0.5, 0.6) is 0 Å². The predicted molar refractivity (Wildman–Crippen MR) is 87.9 cm³/mol.